The number of hydrogen-bond donors (Lipinski definition) is 0. The van der Waals surface area contributed by atoms with Gasteiger partial charge in [-0.25, -0.2) is 0 Å². The Labute approximate surface area is 75.2 Å². The van der Waals surface area contributed by atoms with Crippen LogP contribution in [0.15, 0.2) is 0 Å². The molecule has 1 aliphatic rings. The van der Waals surface area contributed by atoms with Crippen molar-refractivity contribution in [3.05, 3.63) is 0 Å². The summed E-state index contributed by atoms with van der Waals surface area (Å²) in [5.74, 6) is 0.814. The molecule has 0 aromatic carbocycles. The normalized spacial score (nSPS) is 24.8. The maximum Gasteiger partial charge on any atom is 0.0809 e. The van der Waals surface area contributed by atoms with Crippen LogP contribution >= 0.6 is 0 Å². The van der Waals surface area contributed by atoms with E-state index in [0.717, 1.165) is 32.2 Å². The number of ether oxygens (including phenoxy) is 2. The van der Waals surface area contributed by atoms with E-state index in [0.29, 0.717) is 6.10 Å². The summed E-state index contributed by atoms with van der Waals surface area (Å²) in [6.45, 7) is 6.89. The number of hydrogen-bond acceptors (Lipinski definition) is 2. The molecule has 1 atom stereocenters. The predicted molar refractivity (Wildman–Crippen MR) is 49.2 cm³/mol. The van der Waals surface area contributed by atoms with Crippen LogP contribution < -0.4 is 0 Å². The quantitative estimate of drug-likeness (QED) is 0.647. The Bertz CT molecular complexity index is 106. The zero-order chi connectivity index (χ0) is 8.81. The van der Waals surface area contributed by atoms with Crippen LogP contribution in [0.2, 0.25) is 0 Å². The highest BCUT2D eigenvalue weighted by Gasteiger charge is 2.13. The van der Waals surface area contributed by atoms with Crippen molar-refractivity contribution >= 4 is 0 Å². The van der Waals surface area contributed by atoms with E-state index in [1.807, 2.05) is 0 Å². The molecule has 72 valence electrons. The van der Waals surface area contributed by atoms with Crippen LogP contribution in [0.3, 0.4) is 0 Å². The van der Waals surface area contributed by atoms with Crippen molar-refractivity contribution < 1.29 is 9.47 Å². The summed E-state index contributed by atoms with van der Waals surface area (Å²) >= 11 is 0. The van der Waals surface area contributed by atoms with Crippen molar-refractivity contribution in [2.75, 3.05) is 19.8 Å². The lowest BCUT2D eigenvalue weighted by atomic mass is 10.0. The molecule has 0 saturated carbocycles. The Hall–Kier alpha value is -0.0800. The van der Waals surface area contributed by atoms with Gasteiger partial charge in [0.25, 0.3) is 0 Å². The first-order valence-corrected chi connectivity index (χ1v) is 4.98. The molecular formula is C10H20O2. The van der Waals surface area contributed by atoms with Gasteiger partial charge in [0.05, 0.1) is 25.9 Å². The molecule has 2 nitrogen and oxygen atoms in total. The summed E-state index contributed by atoms with van der Waals surface area (Å²) in [4.78, 5) is 0. The average molecular weight is 172 g/mol. The van der Waals surface area contributed by atoms with Gasteiger partial charge in [0, 0.05) is 0 Å². The van der Waals surface area contributed by atoms with Crippen LogP contribution in [0, 0.1) is 5.92 Å². The molecule has 0 amide bonds. The maximum atomic E-state index is 5.53. The van der Waals surface area contributed by atoms with E-state index in [2.05, 4.69) is 13.8 Å². The zero-order valence-electron chi connectivity index (χ0n) is 8.21. The van der Waals surface area contributed by atoms with Crippen LogP contribution in [-0.2, 0) is 9.47 Å². The Morgan fingerprint density at radius 1 is 1.33 bits per heavy atom. The average Bonchev–Trinajstić information content (AvgIpc) is 2.05. The summed E-state index contributed by atoms with van der Waals surface area (Å²) in [6.07, 6.45) is 4.11. The van der Waals surface area contributed by atoms with Crippen molar-refractivity contribution in [2.24, 2.45) is 5.92 Å². The Balaban J connectivity index is 1.98. The van der Waals surface area contributed by atoms with Gasteiger partial charge >= 0.3 is 0 Å². The number of rotatable bonds is 4. The summed E-state index contributed by atoms with van der Waals surface area (Å²) in [6, 6.07) is 0. The smallest absolute Gasteiger partial charge is 0.0809 e. The van der Waals surface area contributed by atoms with Gasteiger partial charge in [-0.1, -0.05) is 26.7 Å². The molecule has 1 unspecified atom stereocenters. The molecule has 0 radical (unpaired) electrons. The van der Waals surface area contributed by atoms with E-state index < -0.39 is 0 Å². The maximum absolute atomic E-state index is 5.53. The molecule has 1 aliphatic heterocycles. The second-order valence-corrected chi connectivity index (χ2v) is 3.89. The van der Waals surface area contributed by atoms with Crippen LogP contribution in [0.4, 0.5) is 0 Å². The highest BCUT2D eigenvalue weighted by atomic mass is 16.6. The predicted octanol–water partition coefficient (Wildman–Crippen LogP) is 2.23. The Kier molecular flexibility index (Phi) is 4.62. The summed E-state index contributed by atoms with van der Waals surface area (Å²) < 4.78 is 10.8. The van der Waals surface area contributed by atoms with Crippen LogP contribution in [0.1, 0.15) is 33.1 Å². The van der Waals surface area contributed by atoms with E-state index in [1.54, 1.807) is 0 Å². The van der Waals surface area contributed by atoms with E-state index in [-0.39, 0.29) is 0 Å². The van der Waals surface area contributed by atoms with Gasteiger partial charge in [-0.3, -0.25) is 0 Å². The molecule has 0 aliphatic carbocycles. The first kappa shape index (κ1) is 10.0. The first-order valence-electron chi connectivity index (χ1n) is 4.98. The van der Waals surface area contributed by atoms with Gasteiger partial charge in [0.1, 0.15) is 0 Å². The molecule has 0 N–H and O–H groups in total. The molecule has 12 heavy (non-hydrogen) atoms. The molecule has 1 heterocycles. The molecule has 0 aromatic rings. The fourth-order valence-electron chi connectivity index (χ4n) is 1.46. The third-order valence-electron chi connectivity index (χ3n) is 2.19. The van der Waals surface area contributed by atoms with Gasteiger partial charge in [0.15, 0.2) is 0 Å². The summed E-state index contributed by atoms with van der Waals surface area (Å²) in [5, 5.41) is 0. The van der Waals surface area contributed by atoms with Gasteiger partial charge in [-0.2, -0.15) is 0 Å². The third kappa shape index (κ3) is 4.07. The molecule has 0 aromatic heterocycles. The molecule has 1 rings (SSSR count). The molecule has 0 bridgehead atoms. The van der Waals surface area contributed by atoms with E-state index in [9.17, 15) is 0 Å². The standard InChI is InChI=1S/C10H20O2/c1-9(2)4-3-5-10-8-11-6-7-12-10/h9-10H,3-8H2,1-2H3. The SMILES string of the molecule is CC(C)CCCC1COCCO1. The van der Waals surface area contributed by atoms with Gasteiger partial charge in [0.2, 0.25) is 0 Å². The van der Waals surface area contributed by atoms with E-state index in [4.69, 9.17) is 9.47 Å². The molecule has 1 fully saturated rings. The van der Waals surface area contributed by atoms with Gasteiger partial charge in [-0.05, 0) is 12.3 Å². The Morgan fingerprint density at radius 2 is 2.17 bits per heavy atom. The van der Waals surface area contributed by atoms with Crippen molar-refractivity contribution in [3.8, 4) is 0 Å². The van der Waals surface area contributed by atoms with Crippen LogP contribution in [0.5, 0.6) is 0 Å². The second kappa shape index (κ2) is 5.55. The van der Waals surface area contributed by atoms with E-state index in [1.165, 1.54) is 12.8 Å². The molecule has 2 heteroatoms. The van der Waals surface area contributed by atoms with Gasteiger partial charge in [-0.15, -0.1) is 0 Å². The van der Waals surface area contributed by atoms with Crippen molar-refractivity contribution in [3.63, 3.8) is 0 Å². The largest absolute Gasteiger partial charge is 0.376 e. The lowest BCUT2D eigenvalue weighted by Gasteiger charge is -2.22. The summed E-state index contributed by atoms with van der Waals surface area (Å²) in [5.41, 5.74) is 0. The van der Waals surface area contributed by atoms with Crippen molar-refractivity contribution in [1.29, 1.82) is 0 Å². The van der Waals surface area contributed by atoms with Gasteiger partial charge < -0.3 is 9.47 Å². The minimum Gasteiger partial charge on any atom is -0.376 e. The van der Waals surface area contributed by atoms with Crippen molar-refractivity contribution in [2.45, 2.75) is 39.2 Å². The minimum atomic E-state index is 0.373. The minimum absolute atomic E-state index is 0.373. The molecule has 1 saturated heterocycles. The van der Waals surface area contributed by atoms with Crippen LogP contribution in [0.25, 0.3) is 0 Å². The topological polar surface area (TPSA) is 18.5 Å². The lowest BCUT2D eigenvalue weighted by molar-refractivity contribution is -0.0913. The Morgan fingerprint density at radius 3 is 2.75 bits per heavy atom. The zero-order valence-corrected chi connectivity index (χ0v) is 8.21. The monoisotopic (exact) mass is 172 g/mol. The fraction of sp³-hybridized carbons (Fsp3) is 1.00. The molecular weight excluding hydrogens is 152 g/mol. The lowest BCUT2D eigenvalue weighted by Crippen LogP contribution is -2.28. The molecule has 0 spiro atoms. The van der Waals surface area contributed by atoms with E-state index >= 15 is 0 Å². The highest BCUT2D eigenvalue weighted by Crippen LogP contribution is 2.12. The first-order chi connectivity index (χ1) is 5.79. The van der Waals surface area contributed by atoms with Crippen LogP contribution in [-0.4, -0.2) is 25.9 Å². The summed E-state index contributed by atoms with van der Waals surface area (Å²) in [7, 11) is 0. The second-order valence-electron chi connectivity index (χ2n) is 3.89. The highest BCUT2D eigenvalue weighted by molar-refractivity contribution is 4.61. The fourth-order valence-corrected chi connectivity index (χ4v) is 1.46. The van der Waals surface area contributed by atoms with Crippen molar-refractivity contribution in [1.82, 2.24) is 0 Å². The third-order valence-corrected chi connectivity index (χ3v) is 2.19.